The zero-order valence-electron chi connectivity index (χ0n) is 35.4. The average molecular weight is 808 g/mol. The van der Waals surface area contributed by atoms with Crippen LogP contribution in [0.25, 0.3) is 71.7 Å². The van der Waals surface area contributed by atoms with E-state index in [9.17, 15) is 0 Å². The molecule has 2 aliphatic heterocycles. The number of anilines is 5. The largest absolute Gasteiger partial charge is 0.456 e. The Labute approximate surface area is 367 Å². The van der Waals surface area contributed by atoms with E-state index < -0.39 is 0 Å². The minimum Gasteiger partial charge on any atom is -0.456 e. The van der Waals surface area contributed by atoms with Gasteiger partial charge in [0.15, 0.2) is 0 Å². The molecule has 0 aliphatic carbocycles. The minimum absolute atomic E-state index is 0.0173. The van der Waals surface area contributed by atoms with Gasteiger partial charge in [0, 0.05) is 61.2 Å². The Balaban J connectivity index is 1.19. The molecular formula is C58H42BN3O. The zero-order chi connectivity index (χ0) is 42.0. The van der Waals surface area contributed by atoms with E-state index in [4.69, 9.17) is 4.42 Å². The highest BCUT2D eigenvalue weighted by atomic mass is 16.3. The lowest BCUT2D eigenvalue weighted by atomic mass is 9.43. The molecule has 13 rings (SSSR count). The smallest absolute Gasteiger partial charge is 0.333 e. The number of furan rings is 1. The first-order chi connectivity index (χ1) is 30.9. The van der Waals surface area contributed by atoms with Gasteiger partial charge in [-0.2, -0.15) is 0 Å². The first-order valence-electron chi connectivity index (χ1n) is 22.0. The van der Waals surface area contributed by atoms with Gasteiger partial charge in [0.1, 0.15) is 11.2 Å². The van der Waals surface area contributed by atoms with Gasteiger partial charge in [-0.1, -0.05) is 136 Å². The van der Waals surface area contributed by atoms with E-state index in [2.05, 4.69) is 235 Å². The highest BCUT2D eigenvalue weighted by Gasteiger charge is 2.45. The van der Waals surface area contributed by atoms with Gasteiger partial charge in [-0.3, -0.25) is 0 Å². The molecule has 0 atom stereocenters. The standard InChI is InChI=1S/C58H42BN3O/c1-58(2,3)38-27-29-41(30-28-38)62-51-32-31-42(60(39-19-9-5-10-20-39)40-21-11-6-12-22-40)33-46(51)48-34-45(37-17-7-4-8-18-37)55-44-24-13-15-25-50(44)61-52-35-47-43-23-14-16-26-53(43)63-54(47)36-49(52)59(62)56(48)57(55)61/h4-36H,1-3H3. The highest BCUT2D eigenvalue weighted by molar-refractivity contribution is 6.94. The van der Waals surface area contributed by atoms with Crippen LogP contribution in [0, 0.1) is 0 Å². The van der Waals surface area contributed by atoms with Gasteiger partial charge in [-0.25, -0.2) is 0 Å². The number of benzene rings is 9. The number of nitrogens with zero attached hydrogens (tertiary/aromatic N) is 3. The van der Waals surface area contributed by atoms with Crippen molar-refractivity contribution in [2.24, 2.45) is 0 Å². The molecule has 11 aromatic rings. The van der Waals surface area contributed by atoms with Crippen molar-refractivity contribution in [3.63, 3.8) is 0 Å². The summed E-state index contributed by atoms with van der Waals surface area (Å²) < 4.78 is 9.29. The lowest BCUT2D eigenvalue weighted by Gasteiger charge is -2.42. The van der Waals surface area contributed by atoms with Crippen molar-refractivity contribution in [1.82, 2.24) is 4.57 Å². The molecule has 298 valence electrons. The maximum atomic E-state index is 6.72. The second kappa shape index (κ2) is 13.4. The van der Waals surface area contributed by atoms with Crippen molar-refractivity contribution >= 4 is 90.0 Å². The van der Waals surface area contributed by atoms with E-state index in [0.717, 1.165) is 44.7 Å². The molecular weight excluding hydrogens is 765 g/mol. The van der Waals surface area contributed by atoms with Gasteiger partial charge < -0.3 is 18.7 Å². The summed E-state index contributed by atoms with van der Waals surface area (Å²) in [6.45, 7) is 6.71. The fourth-order valence-electron chi connectivity index (χ4n) is 10.6. The topological polar surface area (TPSA) is 24.6 Å². The van der Waals surface area contributed by atoms with Crippen LogP contribution in [0.5, 0.6) is 0 Å². The molecule has 0 N–H and O–H groups in total. The van der Waals surface area contributed by atoms with Crippen molar-refractivity contribution in [2.75, 3.05) is 9.71 Å². The fraction of sp³-hybridized carbons (Fsp3) is 0.0690. The molecule has 0 saturated heterocycles. The lowest BCUT2D eigenvalue weighted by Crippen LogP contribution is -2.60. The van der Waals surface area contributed by atoms with Crippen LogP contribution in [0.4, 0.5) is 28.4 Å². The van der Waals surface area contributed by atoms with Crippen LogP contribution in [0.15, 0.2) is 205 Å². The molecule has 0 spiro atoms. The van der Waals surface area contributed by atoms with Crippen molar-refractivity contribution < 1.29 is 4.42 Å². The molecule has 0 amide bonds. The van der Waals surface area contributed by atoms with E-state index in [1.54, 1.807) is 0 Å². The monoisotopic (exact) mass is 807 g/mol. The molecule has 63 heavy (non-hydrogen) atoms. The van der Waals surface area contributed by atoms with E-state index in [1.165, 1.54) is 71.9 Å². The Morgan fingerprint density at radius 3 is 1.86 bits per heavy atom. The molecule has 0 unspecified atom stereocenters. The second-order valence-corrected chi connectivity index (χ2v) is 18.1. The second-order valence-electron chi connectivity index (χ2n) is 18.1. The molecule has 2 aromatic heterocycles. The van der Waals surface area contributed by atoms with Crippen LogP contribution >= 0.6 is 0 Å². The SMILES string of the molecule is CC(C)(C)c1ccc(N2B3c4cc5oc6ccccc6c5cc4-n4c5ccccc5c5c(-c6ccccc6)cc(c3c54)-c3cc(N(c4ccccc4)c4ccccc4)ccc32)cc1. The van der Waals surface area contributed by atoms with Crippen molar-refractivity contribution in [2.45, 2.75) is 26.2 Å². The summed E-state index contributed by atoms with van der Waals surface area (Å²) in [5, 5.41) is 4.78. The molecule has 0 bridgehead atoms. The maximum absolute atomic E-state index is 6.72. The summed E-state index contributed by atoms with van der Waals surface area (Å²) in [4.78, 5) is 4.99. The first-order valence-corrected chi connectivity index (χ1v) is 22.0. The Hall–Kier alpha value is -7.76. The zero-order valence-corrected chi connectivity index (χ0v) is 35.4. The third-order valence-corrected chi connectivity index (χ3v) is 13.5. The van der Waals surface area contributed by atoms with Gasteiger partial charge in [0.25, 0.3) is 0 Å². The van der Waals surface area contributed by atoms with E-state index >= 15 is 0 Å². The number of para-hydroxylation sites is 4. The summed E-state index contributed by atoms with van der Waals surface area (Å²) in [5.41, 5.74) is 19.8. The van der Waals surface area contributed by atoms with Crippen LogP contribution in [0.1, 0.15) is 26.3 Å². The van der Waals surface area contributed by atoms with Gasteiger partial charge in [-0.05, 0) is 124 Å². The number of fused-ring (bicyclic) bond motifs is 11. The number of aromatic nitrogens is 1. The van der Waals surface area contributed by atoms with E-state index in [0.29, 0.717) is 0 Å². The Morgan fingerprint density at radius 2 is 1.14 bits per heavy atom. The summed E-state index contributed by atoms with van der Waals surface area (Å²) in [6, 6.07) is 73.5. The van der Waals surface area contributed by atoms with Crippen LogP contribution in [0.3, 0.4) is 0 Å². The maximum Gasteiger partial charge on any atom is 0.333 e. The summed E-state index contributed by atoms with van der Waals surface area (Å²) in [5.74, 6) is 0. The lowest BCUT2D eigenvalue weighted by molar-refractivity contribution is 0.590. The normalized spacial score (nSPS) is 12.9. The molecule has 0 saturated carbocycles. The van der Waals surface area contributed by atoms with Gasteiger partial charge in [-0.15, -0.1) is 0 Å². The van der Waals surface area contributed by atoms with E-state index in [1.807, 2.05) is 0 Å². The minimum atomic E-state index is -0.157. The summed E-state index contributed by atoms with van der Waals surface area (Å²) in [7, 11) is 0. The third-order valence-electron chi connectivity index (χ3n) is 13.5. The van der Waals surface area contributed by atoms with Gasteiger partial charge in [0.05, 0.1) is 11.0 Å². The molecule has 4 heterocycles. The average Bonchev–Trinajstić information content (AvgIpc) is 3.87. The number of hydrogen-bond donors (Lipinski definition) is 0. The van der Waals surface area contributed by atoms with Crippen LogP contribution in [0.2, 0.25) is 0 Å². The Bertz CT molecular complexity index is 3560. The predicted octanol–water partition coefficient (Wildman–Crippen LogP) is 14.4. The van der Waals surface area contributed by atoms with Crippen LogP contribution in [-0.2, 0) is 5.41 Å². The number of hydrogen-bond acceptors (Lipinski definition) is 3. The Kier molecular flexibility index (Phi) is 7.63. The molecule has 9 aromatic carbocycles. The Morgan fingerprint density at radius 1 is 0.492 bits per heavy atom. The van der Waals surface area contributed by atoms with Crippen molar-refractivity contribution in [3.8, 4) is 27.9 Å². The number of rotatable bonds is 5. The highest BCUT2D eigenvalue weighted by Crippen LogP contribution is 2.50. The summed E-state index contributed by atoms with van der Waals surface area (Å²) >= 11 is 0. The molecule has 2 aliphatic rings. The van der Waals surface area contributed by atoms with Gasteiger partial charge in [0.2, 0.25) is 0 Å². The van der Waals surface area contributed by atoms with Gasteiger partial charge >= 0.3 is 6.85 Å². The van der Waals surface area contributed by atoms with Crippen LogP contribution < -0.4 is 20.6 Å². The van der Waals surface area contributed by atoms with Crippen molar-refractivity contribution in [1.29, 1.82) is 0 Å². The molecule has 4 nitrogen and oxygen atoms in total. The van der Waals surface area contributed by atoms with E-state index in [-0.39, 0.29) is 12.3 Å². The predicted molar refractivity (Wildman–Crippen MR) is 266 cm³/mol. The first kappa shape index (κ1) is 35.9. The van der Waals surface area contributed by atoms with Crippen LogP contribution in [-0.4, -0.2) is 11.4 Å². The summed E-state index contributed by atoms with van der Waals surface area (Å²) in [6.07, 6.45) is 0. The van der Waals surface area contributed by atoms with Crippen molar-refractivity contribution in [3.05, 3.63) is 206 Å². The molecule has 5 heteroatoms. The molecule has 0 fully saturated rings. The molecule has 0 radical (unpaired) electrons. The fourth-order valence-corrected chi connectivity index (χ4v) is 10.6. The quantitative estimate of drug-likeness (QED) is 0.162. The third kappa shape index (κ3) is 5.29.